The van der Waals surface area contributed by atoms with E-state index in [4.69, 9.17) is 4.74 Å². The molecule has 1 aromatic carbocycles. The molecule has 0 bridgehead atoms. The van der Waals surface area contributed by atoms with Gasteiger partial charge in [0.2, 0.25) is 5.91 Å². The minimum absolute atomic E-state index is 0.0813. The third kappa shape index (κ3) is 4.05. The Kier molecular flexibility index (Phi) is 5.56. The second kappa shape index (κ2) is 7.41. The number of hydrogen-bond donors (Lipinski definition) is 2. The minimum atomic E-state index is -0.0925. The van der Waals surface area contributed by atoms with Crippen LogP contribution in [-0.4, -0.2) is 32.2 Å². The summed E-state index contributed by atoms with van der Waals surface area (Å²) in [6.45, 7) is 7.67. The van der Waals surface area contributed by atoms with Gasteiger partial charge in [0.1, 0.15) is 0 Å². The fourth-order valence-electron chi connectivity index (χ4n) is 2.42. The van der Waals surface area contributed by atoms with E-state index in [1.165, 1.54) is 5.56 Å². The molecule has 2 N–H and O–H groups in total. The van der Waals surface area contributed by atoms with E-state index >= 15 is 0 Å². The molecule has 4 nitrogen and oxygen atoms in total. The Labute approximate surface area is 120 Å². The third-order valence-corrected chi connectivity index (χ3v) is 3.41. The predicted molar refractivity (Wildman–Crippen MR) is 79.6 cm³/mol. The van der Waals surface area contributed by atoms with Crippen molar-refractivity contribution in [3.05, 3.63) is 35.4 Å². The number of amides is 1. The Morgan fingerprint density at radius 3 is 3.05 bits per heavy atom. The van der Waals surface area contributed by atoms with E-state index in [0.29, 0.717) is 25.6 Å². The maximum absolute atomic E-state index is 12.3. The summed E-state index contributed by atoms with van der Waals surface area (Å²) in [5.74, 6) is 0.517. The maximum atomic E-state index is 12.3. The van der Waals surface area contributed by atoms with E-state index in [-0.39, 0.29) is 11.8 Å². The van der Waals surface area contributed by atoms with Crippen LogP contribution in [-0.2, 0) is 16.1 Å². The molecule has 0 saturated carbocycles. The lowest BCUT2D eigenvalue weighted by Crippen LogP contribution is -2.40. The summed E-state index contributed by atoms with van der Waals surface area (Å²) >= 11 is 0. The van der Waals surface area contributed by atoms with Crippen LogP contribution in [0.2, 0.25) is 0 Å². The van der Waals surface area contributed by atoms with Crippen LogP contribution < -0.4 is 10.6 Å². The zero-order chi connectivity index (χ0) is 14.4. The molecule has 0 aromatic heterocycles. The number of carbonyl (C=O) groups excluding carboxylic acids is 1. The Morgan fingerprint density at radius 1 is 1.45 bits per heavy atom. The number of nitrogens with one attached hydrogen (secondary N) is 2. The largest absolute Gasteiger partial charge is 0.379 e. The van der Waals surface area contributed by atoms with Gasteiger partial charge in [-0.3, -0.25) is 4.79 Å². The van der Waals surface area contributed by atoms with Crippen LogP contribution >= 0.6 is 0 Å². The fourth-order valence-corrected chi connectivity index (χ4v) is 2.42. The van der Waals surface area contributed by atoms with Crippen LogP contribution in [0, 0.1) is 5.92 Å². The van der Waals surface area contributed by atoms with Gasteiger partial charge in [0.15, 0.2) is 0 Å². The summed E-state index contributed by atoms with van der Waals surface area (Å²) in [6, 6.07) is 8.14. The van der Waals surface area contributed by atoms with Gasteiger partial charge in [-0.05, 0) is 17.0 Å². The highest BCUT2D eigenvalue weighted by molar-refractivity contribution is 5.84. The van der Waals surface area contributed by atoms with Gasteiger partial charge >= 0.3 is 0 Å². The minimum Gasteiger partial charge on any atom is -0.379 e. The highest BCUT2D eigenvalue weighted by Gasteiger charge is 2.25. The van der Waals surface area contributed by atoms with Crippen molar-refractivity contribution in [3.63, 3.8) is 0 Å². The highest BCUT2D eigenvalue weighted by atomic mass is 16.5. The summed E-state index contributed by atoms with van der Waals surface area (Å²) in [7, 11) is 0. The summed E-state index contributed by atoms with van der Waals surface area (Å²) in [5.41, 5.74) is 2.36. The van der Waals surface area contributed by atoms with Gasteiger partial charge in [-0.15, -0.1) is 0 Å². The molecule has 1 aliphatic rings. The smallest absolute Gasteiger partial charge is 0.228 e. The van der Waals surface area contributed by atoms with Crippen molar-refractivity contribution < 1.29 is 9.53 Å². The summed E-state index contributed by atoms with van der Waals surface area (Å²) < 4.78 is 5.47. The SMILES string of the molecule is CC(C)COCCNC(=O)C1CNCc2ccccc21. The maximum Gasteiger partial charge on any atom is 0.228 e. The van der Waals surface area contributed by atoms with Crippen molar-refractivity contribution in [2.24, 2.45) is 5.92 Å². The van der Waals surface area contributed by atoms with E-state index in [2.05, 4.69) is 36.6 Å². The van der Waals surface area contributed by atoms with Crippen molar-refractivity contribution >= 4 is 5.91 Å². The number of carbonyl (C=O) groups is 1. The third-order valence-electron chi connectivity index (χ3n) is 3.41. The first-order valence-electron chi connectivity index (χ1n) is 7.32. The average molecular weight is 276 g/mol. The molecule has 2 rings (SSSR count). The molecular weight excluding hydrogens is 252 g/mol. The molecule has 1 aromatic rings. The van der Waals surface area contributed by atoms with E-state index < -0.39 is 0 Å². The first-order valence-corrected chi connectivity index (χ1v) is 7.32. The van der Waals surface area contributed by atoms with Gasteiger partial charge in [0.25, 0.3) is 0 Å². The van der Waals surface area contributed by atoms with E-state index in [1.807, 2.05) is 12.1 Å². The Morgan fingerprint density at radius 2 is 2.25 bits per heavy atom. The summed E-state index contributed by atoms with van der Waals surface area (Å²) in [4.78, 5) is 12.3. The van der Waals surface area contributed by atoms with Gasteiger partial charge in [0.05, 0.1) is 12.5 Å². The van der Waals surface area contributed by atoms with Crippen LogP contribution in [0.3, 0.4) is 0 Å². The quantitative estimate of drug-likeness (QED) is 0.777. The van der Waals surface area contributed by atoms with Crippen LogP contribution in [0.15, 0.2) is 24.3 Å². The molecule has 1 atom stereocenters. The monoisotopic (exact) mass is 276 g/mol. The van der Waals surface area contributed by atoms with Crippen LogP contribution in [0.25, 0.3) is 0 Å². The lowest BCUT2D eigenvalue weighted by Gasteiger charge is -2.25. The van der Waals surface area contributed by atoms with Crippen molar-refractivity contribution in [2.75, 3.05) is 26.3 Å². The van der Waals surface area contributed by atoms with Gasteiger partial charge in [-0.25, -0.2) is 0 Å². The van der Waals surface area contributed by atoms with Gasteiger partial charge in [0, 0.05) is 26.2 Å². The molecule has 110 valence electrons. The van der Waals surface area contributed by atoms with Gasteiger partial charge < -0.3 is 15.4 Å². The molecule has 0 saturated heterocycles. The van der Waals surface area contributed by atoms with E-state index in [0.717, 1.165) is 18.7 Å². The van der Waals surface area contributed by atoms with E-state index in [1.54, 1.807) is 0 Å². The van der Waals surface area contributed by atoms with Crippen LogP contribution in [0.4, 0.5) is 0 Å². The van der Waals surface area contributed by atoms with Crippen molar-refractivity contribution in [2.45, 2.75) is 26.3 Å². The Balaban J connectivity index is 1.82. The topological polar surface area (TPSA) is 50.4 Å². The standard InChI is InChI=1S/C16H24N2O2/c1-12(2)11-20-8-7-18-16(19)15-10-17-9-13-5-3-4-6-14(13)15/h3-6,12,15,17H,7-11H2,1-2H3,(H,18,19). The predicted octanol–water partition coefficient (Wildman–Crippen LogP) is 1.66. The number of rotatable bonds is 6. The molecule has 20 heavy (non-hydrogen) atoms. The molecular formula is C16H24N2O2. The molecule has 0 spiro atoms. The first-order chi connectivity index (χ1) is 9.68. The lowest BCUT2D eigenvalue weighted by atomic mass is 9.90. The second-order valence-corrected chi connectivity index (χ2v) is 5.64. The fraction of sp³-hybridized carbons (Fsp3) is 0.562. The number of ether oxygens (including phenoxy) is 1. The normalized spacial score (nSPS) is 17.9. The number of benzene rings is 1. The molecule has 1 heterocycles. The first kappa shape index (κ1) is 15.0. The highest BCUT2D eigenvalue weighted by Crippen LogP contribution is 2.23. The molecule has 4 heteroatoms. The van der Waals surface area contributed by atoms with Crippen molar-refractivity contribution in [1.82, 2.24) is 10.6 Å². The number of fused-ring (bicyclic) bond motifs is 1. The lowest BCUT2D eigenvalue weighted by molar-refractivity contribution is -0.122. The summed E-state index contributed by atoms with van der Waals surface area (Å²) in [6.07, 6.45) is 0. The average Bonchev–Trinajstić information content (AvgIpc) is 2.45. The molecule has 0 fully saturated rings. The van der Waals surface area contributed by atoms with Gasteiger partial charge in [-0.1, -0.05) is 38.1 Å². The zero-order valence-electron chi connectivity index (χ0n) is 12.3. The summed E-state index contributed by atoms with van der Waals surface area (Å²) in [5, 5.41) is 6.26. The molecule has 1 amide bonds. The van der Waals surface area contributed by atoms with Crippen LogP contribution in [0.1, 0.15) is 30.9 Å². The van der Waals surface area contributed by atoms with E-state index in [9.17, 15) is 4.79 Å². The zero-order valence-corrected chi connectivity index (χ0v) is 12.3. The molecule has 1 aliphatic heterocycles. The van der Waals surface area contributed by atoms with Crippen LogP contribution in [0.5, 0.6) is 0 Å². The molecule has 0 aliphatic carbocycles. The second-order valence-electron chi connectivity index (χ2n) is 5.64. The Hall–Kier alpha value is -1.39. The van der Waals surface area contributed by atoms with Gasteiger partial charge in [-0.2, -0.15) is 0 Å². The Bertz CT molecular complexity index is 446. The number of hydrogen-bond acceptors (Lipinski definition) is 3. The van der Waals surface area contributed by atoms with Crippen molar-refractivity contribution in [1.29, 1.82) is 0 Å². The molecule has 1 unspecified atom stereocenters. The molecule has 0 radical (unpaired) electrons. The van der Waals surface area contributed by atoms with Crippen molar-refractivity contribution in [3.8, 4) is 0 Å².